The molecule has 3 nitrogen and oxygen atoms in total. The molecule has 0 unspecified atom stereocenters. The highest BCUT2D eigenvalue weighted by Crippen LogP contribution is 1.98. The van der Waals surface area contributed by atoms with Gasteiger partial charge in [0.1, 0.15) is 0 Å². The summed E-state index contributed by atoms with van der Waals surface area (Å²) in [7, 11) is 0. The first-order chi connectivity index (χ1) is 4.84. The fourth-order valence-electron chi connectivity index (χ4n) is 0.665. The molecule has 1 aromatic heterocycles. The lowest BCUT2D eigenvalue weighted by Crippen LogP contribution is -2.02. The Bertz CT molecular complexity index is 208. The minimum atomic E-state index is -0.274. The Balaban J connectivity index is 0.000001000. The van der Waals surface area contributed by atoms with Crippen molar-refractivity contribution < 1.29 is 9.53 Å². The summed E-state index contributed by atoms with van der Waals surface area (Å²) in [6.07, 6.45) is 3.30. The summed E-state index contributed by atoms with van der Waals surface area (Å²) in [6.45, 7) is 2.20. The van der Waals surface area contributed by atoms with E-state index in [2.05, 4.69) is 4.98 Å². The molecule has 0 saturated carbocycles. The van der Waals surface area contributed by atoms with Gasteiger partial charge in [0, 0.05) is 12.4 Å². The smallest absolute Gasteiger partial charge is 0.339 e. The summed E-state index contributed by atoms with van der Waals surface area (Å²) in [5, 5.41) is 0. The van der Waals surface area contributed by atoms with Crippen molar-refractivity contribution in [2.75, 3.05) is 6.61 Å². The van der Waals surface area contributed by atoms with E-state index in [1.807, 2.05) is 0 Å². The van der Waals surface area contributed by atoms with Gasteiger partial charge in [-0.25, -0.2) is 4.79 Å². The maximum absolute atomic E-state index is 10.9. The van der Waals surface area contributed by atoms with Gasteiger partial charge in [-0.2, -0.15) is 0 Å². The Hall–Kier alpha value is -0.770. The fraction of sp³-hybridized carbons (Fsp3) is 0.286. The molecule has 0 spiro atoms. The first kappa shape index (κ1) is 10.2. The van der Waals surface area contributed by atoms with Crippen molar-refractivity contribution in [3.63, 3.8) is 0 Å². The Morgan fingerprint density at radius 2 is 2.45 bits per heavy atom. The largest absolute Gasteiger partial charge is 0.462 e. The van der Waals surface area contributed by atoms with Crippen LogP contribution in [0.25, 0.3) is 0 Å². The standard InChI is InChI=1S/C7H9NO2.BrH/c1-2-10-7(9)6-3-4-8-5-6;/h3-5,8H,2H2,1H3;1H. The quantitative estimate of drug-likeness (QED) is 0.771. The van der Waals surface area contributed by atoms with E-state index in [0.717, 1.165) is 0 Å². The molecule has 1 heterocycles. The molecule has 0 saturated heterocycles. The van der Waals surface area contributed by atoms with E-state index in [4.69, 9.17) is 4.74 Å². The number of carbonyl (C=O) groups is 1. The van der Waals surface area contributed by atoms with Crippen molar-refractivity contribution in [1.82, 2.24) is 4.98 Å². The number of hydrogen-bond acceptors (Lipinski definition) is 2. The van der Waals surface area contributed by atoms with E-state index in [9.17, 15) is 4.79 Å². The maximum atomic E-state index is 10.9. The number of halogens is 1. The first-order valence-electron chi connectivity index (χ1n) is 3.14. The molecule has 0 aliphatic heterocycles. The normalized spacial score (nSPS) is 8.45. The summed E-state index contributed by atoms with van der Waals surface area (Å²) in [5.41, 5.74) is 0.571. The van der Waals surface area contributed by atoms with Gasteiger partial charge in [0.25, 0.3) is 0 Å². The number of aromatic amines is 1. The number of hydrogen-bond donors (Lipinski definition) is 1. The highest BCUT2D eigenvalue weighted by atomic mass is 79.9. The molecule has 0 aliphatic rings. The Kier molecular flexibility index (Phi) is 4.61. The van der Waals surface area contributed by atoms with Crippen molar-refractivity contribution >= 4 is 23.0 Å². The zero-order valence-electron chi connectivity index (χ0n) is 6.16. The first-order valence-corrected chi connectivity index (χ1v) is 3.14. The highest BCUT2D eigenvalue weighted by molar-refractivity contribution is 8.93. The van der Waals surface area contributed by atoms with E-state index in [0.29, 0.717) is 12.2 Å². The fourth-order valence-corrected chi connectivity index (χ4v) is 0.665. The van der Waals surface area contributed by atoms with Crippen molar-refractivity contribution in [3.8, 4) is 0 Å². The second-order valence-electron chi connectivity index (χ2n) is 1.82. The third-order valence-electron chi connectivity index (χ3n) is 1.11. The summed E-state index contributed by atoms with van der Waals surface area (Å²) >= 11 is 0. The Morgan fingerprint density at radius 1 is 1.73 bits per heavy atom. The molecule has 62 valence electrons. The van der Waals surface area contributed by atoms with Crippen LogP contribution in [0.4, 0.5) is 0 Å². The van der Waals surface area contributed by atoms with E-state index >= 15 is 0 Å². The van der Waals surface area contributed by atoms with Crippen LogP contribution in [0.2, 0.25) is 0 Å². The molecule has 0 fully saturated rings. The predicted molar refractivity (Wildman–Crippen MR) is 47.1 cm³/mol. The average molecular weight is 220 g/mol. The van der Waals surface area contributed by atoms with Crippen LogP contribution < -0.4 is 0 Å². The molecule has 0 bridgehead atoms. The molecular formula is C7H10BrNO2. The third-order valence-corrected chi connectivity index (χ3v) is 1.11. The van der Waals surface area contributed by atoms with Crippen molar-refractivity contribution in [1.29, 1.82) is 0 Å². The molecule has 1 aromatic rings. The lowest BCUT2D eigenvalue weighted by atomic mass is 10.3. The van der Waals surface area contributed by atoms with Gasteiger partial charge in [-0.1, -0.05) is 0 Å². The van der Waals surface area contributed by atoms with Gasteiger partial charge >= 0.3 is 5.97 Å². The van der Waals surface area contributed by atoms with Crippen LogP contribution in [0, 0.1) is 0 Å². The average Bonchev–Trinajstić information content (AvgIpc) is 2.38. The molecule has 11 heavy (non-hydrogen) atoms. The Morgan fingerprint density at radius 3 is 2.91 bits per heavy atom. The summed E-state index contributed by atoms with van der Waals surface area (Å²) in [5.74, 6) is -0.274. The third kappa shape index (κ3) is 2.76. The van der Waals surface area contributed by atoms with Crippen LogP contribution in [-0.4, -0.2) is 17.6 Å². The number of esters is 1. The zero-order valence-corrected chi connectivity index (χ0v) is 7.88. The minimum Gasteiger partial charge on any atom is -0.462 e. The Labute approximate surface area is 75.5 Å². The van der Waals surface area contributed by atoms with E-state index < -0.39 is 0 Å². The molecule has 0 amide bonds. The topological polar surface area (TPSA) is 42.1 Å². The molecule has 0 atom stereocenters. The second-order valence-corrected chi connectivity index (χ2v) is 1.82. The number of nitrogens with one attached hydrogen (secondary N) is 1. The van der Waals surface area contributed by atoms with Crippen LogP contribution in [0.1, 0.15) is 17.3 Å². The molecule has 0 radical (unpaired) electrons. The number of H-pyrrole nitrogens is 1. The van der Waals surface area contributed by atoms with Gasteiger partial charge < -0.3 is 9.72 Å². The molecule has 4 heteroatoms. The highest BCUT2D eigenvalue weighted by Gasteiger charge is 2.03. The number of rotatable bonds is 2. The molecule has 1 rings (SSSR count). The summed E-state index contributed by atoms with van der Waals surface area (Å²) in [6, 6.07) is 1.68. The van der Waals surface area contributed by atoms with E-state index in [1.165, 1.54) is 0 Å². The van der Waals surface area contributed by atoms with Gasteiger partial charge in [0.15, 0.2) is 0 Å². The van der Waals surface area contributed by atoms with Crippen molar-refractivity contribution in [2.24, 2.45) is 0 Å². The maximum Gasteiger partial charge on any atom is 0.339 e. The van der Waals surface area contributed by atoms with Gasteiger partial charge in [0.05, 0.1) is 12.2 Å². The molecule has 0 aliphatic carbocycles. The minimum absolute atomic E-state index is 0. The van der Waals surface area contributed by atoms with Gasteiger partial charge in [-0.05, 0) is 13.0 Å². The SMILES string of the molecule is Br.CCOC(=O)c1cc[nH]c1. The van der Waals surface area contributed by atoms with Gasteiger partial charge in [-0.3, -0.25) is 0 Å². The van der Waals surface area contributed by atoms with Crippen LogP contribution in [0.15, 0.2) is 18.5 Å². The van der Waals surface area contributed by atoms with E-state index in [1.54, 1.807) is 25.4 Å². The number of carbonyl (C=O) groups excluding carboxylic acids is 1. The molecule has 1 N–H and O–H groups in total. The number of aromatic nitrogens is 1. The summed E-state index contributed by atoms with van der Waals surface area (Å²) in [4.78, 5) is 13.6. The van der Waals surface area contributed by atoms with Crippen LogP contribution >= 0.6 is 17.0 Å². The van der Waals surface area contributed by atoms with Crippen LogP contribution in [-0.2, 0) is 4.74 Å². The van der Waals surface area contributed by atoms with Crippen LogP contribution in [0.3, 0.4) is 0 Å². The molecule has 0 aromatic carbocycles. The van der Waals surface area contributed by atoms with Gasteiger partial charge in [0.2, 0.25) is 0 Å². The van der Waals surface area contributed by atoms with Crippen LogP contribution in [0.5, 0.6) is 0 Å². The zero-order chi connectivity index (χ0) is 7.40. The van der Waals surface area contributed by atoms with E-state index in [-0.39, 0.29) is 23.0 Å². The number of ether oxygens (including phenoxy) is 1. The lowest BCUT2D eigenvalue weighted by Gasteiger charge is -1.95. The second kappa shape index (κ2) is 4.96. The summed E-state index contributed by atoms with van der Waals surface area (Å²) < 4.78 is 4.73. The van der Waals surface area contributed by atoms with Crippen molar-refractivity contribution in [2.45, 2.75) is 6.92 Å². The lowest BCUT2D eigenvalue weighted by molar-refractivity contribution is 0.0526. The predicted octanol–water partition coefficient (Wildman–Crippen LogP) is 1.77. The monoisotopic (exact) mass is 219 g/mol. The molecular weight excluding hydrogens is 210 g/mol. The van der Waals surface area contributed by atoms with Crippen molar-refractivity contribution in [3.05, 3.63) is 24.0 Å². The van der Waals surface area contributed by atoms with Gasteiger partial charge in [-0.15, -0.1) is 17.0 Å².